The molecule has 0 aromatic heterocycles. The first-order valence-corrected chi connectivity index (χ1v) is 9.23. The predicted molar refractivity (Wildman–Crippen MR) is 83.6 cm³/mol. The van der Waals surface area contributed by atoms with Crippen molar-refractivity contribution < 1.29 is 4.79 Å². The van der Waals surface area contributed by atoms with Gasteiger partial charge in [-0.05, 0) is 62.2 Å². The quantitative estimate of drug-likeness (QED) is 0.839. The third-order valence-electron chi connectivity index (χ3n) is 7.14. The van der Waals surface area contributed by atoms with Crippen LogP contribution < -0.4 is 11.1 Å². The highest BCUT2D eigenvalue weighted by molar-refractivity contribution is 5.77. The lowest BCUT2D eigenvalue weighted by Gasteiger charge is -2.35. The van der Waals surface area contributed by atoms with Crippen LogP contribution in [0.1, 0.15) is 70.6 Å². The molecule has 4 saturated carbocycles. The summed E-state index contributed by atoms with van der Waals surface area (Å²) in [6.45, 7) is 0. The second kappa shape index (κ2) is 5.26. The average molecular weight is 290 g/mol. The van der Waals surface area contributed by atoms with Crippen molar-refractivity contribution in [3.63, 3.8) is 0 Å². The van der Waals surface area contributed by atoms with Gasteiger partial charge in [-0.3, -0.25) is 4.79 Å². The third kappa shape index (κ3) is 2.52. The number of hydrogen-bond acceptors (Lipinski definition) is 2. The van der Waals surface area contributed by atoms with Gasteiger partial charge in [0.2, 0.25) is 5.91 Å². The SMILES string of the molecule is NC1(CC(=O)NC2CC3CC2C2CCCC32)CCCCC1. The average Bonchev–Trinajstić information content (AvgIpc) is 3.09. The summed E-state index contributed by atoms with van der Waals surface area (Å²) in [4.78, 5) is 12.4. The van der Waals surface area contributed by atoms with Gasteiger partial charge in [0.1, 0.15) is 0 Å². The molecule has 4 fully saturated rings. The molecule has 1 amide bonds. The summed E-state index contributed by atoms with van der Waals surface area (Å²) >= 11 is 0. The van der Waals surface area contributed by atoms with Gasteiger partial charge in [0.25, 0.3) is 0 Å². The van der Waals surface area contributed by atoms with Crippen LogP contribution in [0.25, 0.3) is 0 Å². The van der Waals surface area contributed by atoms with Crippen molar-refractivity contribution >= 4 is 5.91 Å². The Morgan fingerprint density at radius 3 is 2.57 bits per heavy atom. The molecule has 0 saturated heterocycles. The topological polar surface area (TPSA) is 55.1 Å². The van der Waals surface area contributed by atoms with Crippen LogP contribution in [-0.4, -0.2) is 17.5 Å². The molecule has 0 radical (unpaired) electrons. The number of carbonyl (C=O) groups is 1. The summed E-state index contributed by atoms with van der Waals surface area (Å²) in [5, 5.41) is 3.38. The van der Waals surface area contributed by atoms with Crippen molar-refractivity contribution in [2.24, 2.45) is 29.4 Å². The van der Waals surface area contributed by atoms with Crippen molar-refractivity contribution in [3.05, 3.63) is 0 Å². The van der Waals surface area contributed by atoms with Gasteiger partial charge >= 0.3 is 0 Å². The fraction of sp³-hybridized carbons (Fsp3) is 0.944. The number of amides is 1. The Bertz CT molecular complexity index is 415. The lowest BCUT2D eigenvalue weighted by atomic mass is 9.78. The molecule has 3 N–H and O–H groups in total. The standard InChI is InChI=1S/C18H30N2O/c19-18(7-2-1-3-8-18)11-17(21)20-16-10-12-9-15(16)14-6-4-5-13(12)14/h12-16H,1-11,19H2,(H,20,21). The van der Waals surface area contributed by atoms with Gasteiger partial charge in [-0.25, -0.2) is 0 Å². The molecule has 0 heterocycles. The molecule has 0 aliphatic heterocycles. The van der Waals surface area contributed by atoms with Crippen LogP contribution in [-0.2, 0) is 4.79 Å². The fourth-order valence-corrected chi connectivity index (χ4v) is 6.24. The molecule has 5 atom stereocenters. The number of rotatable bonds is 3. The van der Waals surface area contributed by atoms with Crippen LogP contribution in [0.4, 0.5) is 0 Å². The van der Waals surface area contributed by atoms with E-state index >= 15 is 0 Å². The lowest BCUT2D eigenvalue weighted by molar-refractivity contribution is -0.123. The maximum absolute atomic E-state index is 12.4. The summed E-state index contributed by atoms with van der Waals surface area (Å²) in [6, 6.07) is 0.467. The second-order valence-corrected chi connectivity index (χ2v) is 8.43. The molecule has 5 unspecified atom stereocenters. The van der Waals surface area contributed by atoms with E-state index in [1.165, 1.54) is 51.4 Å². The van der Waals surface area contributed by atoms with Crippen LogP contribution in [0.5, 0.6) is 0 Å². The van der Waals surface area contributed by atoms with Gasteiger partial charge in [0.15, 0.2) is 0 Å². The van der Waals surface area contributed by atoms with E-state index in [1.54, 1.807) is 0 Å². The van der Waals surface area contributed by atoms with E-state index in [0.29, 0.717) is 12.5 Å². The zero-order valence-electron chi connectivity index (χ0n) is 13.2. The molecule has 3 nitrogen and oxygen atoms in total. The first-order valence-electron chi connectivity index (χ1n) is 9.23. The monoisotopic (exact) mass is 290 g/mol. The molecule has 21 heavy (non-hydrogen) atoms. The minimum atomic E-state index is -0.212. The van der Waals surface area contributed by atoms with Crippen LogP contribution >= 0.6 is 0 Å². The Morgan fingerprint density at radius 2 is 1.76 bits per heavy atom. The van der Waals surface area contributed by atoms with Gasteiger partial charge < -0.3 is 11.1 Å². The van der Waals surface area contributed by atoms with Crippen LogP contribution in [0, 0.1) is 23.7 Å². The highest BCUT2D eigenvalue weighted by Gasteiger charge is 2.54. The maximum Gasteiger partial charge on any atom is 0.222 e. The second-order valence-electron chi connectivity index (χ2n) is 8.43. The van der Waals surface area contributed by atoms with E-state index in [9.17, 15) is 4.79 Å². The molecule has 0 spiro atoms. The molecule has 2 bridgehead atoms. The maximum atomic E-state index is 12.4. The van der Waals surface area contributed by atoms with Crippen molar-refractivity contribution in [3.8, 4) is 0 Å². The summed E-state index contributed by atoms with van der Waals surface area (Å²) in [5.41, 5.74) is 6.22. The van der Waals surface area contributed by atoms with Gasteiger partial charge in [-0.2, -0.15) is 0 Å². The van der Waals surface area contributed by atoms with Crippen molar-refractivity contribution in [2.75, 3.05) is 0 Å². The predicted octanol–water partition coefficient (Wildman–Crippen LogP) is 2.98. The van der Waals surface area contributed by atoms with E-state index in [1.807, 2.05) is 0 Å². The Hall–Kier alpha value is -0.570. The molecule has 4 aliphatic carbocycles. The number of nitrogens with one attached hydrogen (secondary N) is 1. The molecule has 0 aromatic rings. The smallest absolute Gasteiger partial charge is 0.222 e. The largest absolute Gasteiger partial charge is 0.353 e. The number of hydrogen-bond donors (Lipinski definition) is 2. The van der Waals surface area contributed by atoms with Gasteiger partial charge in [0, 0.05) is 18.0 Å². The van der Waals surface area contributed by atoms with E-state index in [-0.39, 0.29) is 11.4 Å². The minimum Gasteiger partial charge on any atom is -0.353 e. The highest BCUT2D eigenvalue weighted by Crippen LogP contribution is 2.58. The van der Waals surface area contributed by atoms with E-state index in [2.05, 4.69) is 5.32 Å². The van der Waals surface area contributed by atoms with Crippen LogP contribution in [0.2, 0.25) is 0 Å². The van der Waals surface area contributed by atoms with Crippen molar-refractivity contribution in [1.29, 1.82) is 0 Å². The molecule has 4 aliphatic rings. The van der Waals surface area contributed by atoms with Crippen molar-refractivity contribution in [1.82, 2.24) is 5.32 Å². The molecule has 3 heteroatoms. The summed E-state index contributed by atoms with van der Waals surface area (Å²) in [6.07, 6.45) is 13.2. The number of fused-ring (bicyclic) bond motifs is 5. The molecular weight excluding hydrogens is 260 g/mol. The lowest BCUT2D eigenvalue weighted by Crippen LogP contribution is -2.49. The number of nitrogens with two attached hydrogens (primary N) is 1. The van der Waals surface area contributed by atoms with Gasteiger partial charge in [-0.1, -0.05) is 25.7 Å². The molecule has 4 rings (SSSR count). The Kier molecular flexibility index (Phi) is 3.52. The summed E-state index contributed by atoms with van der Waals surface area (Å²) in [5.74, 6) is 3.85. The van der Waals surface area contributed by atoms with Crippen molar-refractivity contribution in [2.45, 2.75) is 82.2 Å². The third-order valence-corrected chi connectivity index (χ3v) is 7.14. The van der Waals surface area contributed by atoms with Crippen LogP contribution in [0.3, 0.4) is 0 Å². The Balaban J connectivity index is 1.33. The zero-order valence-corrected chi connectivity index (χ0v) is 13.2. The van der Waals surface area contributed by atoms with Gasteiger partial charge in [0.05, 0.1) is 0 Å². The van der Waals surface area contributed by atoms with E-state index in [0.717, 1.165) is 36.5 Å². The van der Waals surface area contributed by atoms with E-state index < -0.39 is 0 Å². The Labute approximate surface area is 128 Å². The highest BCUT2D eigenvalue weighted by atomic mass is 16.1. The molecule has 0 aromatic carbocycles. The molecular formula is C18H30N2O. The minimum absolute atomic E-state index is 0.212. The Morgan fingerprint density at radius 1 is 1.00 bits per heavy atom. The molecule has 118 valence electrons. The first-order chi connectivity index (χ1) is 10.1. The number of carbonyl (C=O) groups excluding carboxylic acids is 1. The fourth-order valence-electron chi connectivity index (χ4n) is 6.24. The normalized spacial score (nSPS) is 43.8. The summed E-state index contributed by atoms with van der Waals surface area (Å²) < 4.78 is 0. The van der Waals surface area contributed by atoms with Gasteiger partial charge in [-0.15, -0.1) is 0 Å². The first kappa shape index (κ1) is 14.0. The van der Waals surface area contributed by atoms with Crippen LogP contribution in [0.15, 0.2) is 0 Å². The zero-order chi connectivity index (χ0) is 14.4. The summed E-state index contributed by atoms with van der Waals surface area (Å²) in [7, 11) is 0. The van der Waals surface area contributed by atoms with E-state index in [4.69, 9.17) is 5.73 Å².